The van der Waals surface area contributed by atoms with Crippen LogP contribution in [0.15, 0.2) is 18.2 Å². The largest absolute Gasteiger partial charge is 0.493 e. The van der Waals surface area contributed by atoms with Crippen molar-refractivity contribution >= 4 is 11.8 Å². The van der Waals surface area contributed by atoms with E-state index < -0.39 is 0 Å². The maximum absolute atomic E-state index is 12.6. The Balaban J connectivity index is 2.02. The Kier molecular flexibility index (Phi) is 6.89. The van der Waals surface area contributed by atoms with Gasteiger partial charge < -0.3 is 19.7 Å². The van der Waals surface area contributed by atoms with E-state index in [0.29, 0.717) is 24.7 Å². The molecule has 1 aliphatic rings. The number of hydrogen-bond acceptors (Lipinski definition) is 4. The normalized spacial score (nSPS) is 18.2. The molecule has 1 aliphatic heterocycles. The van der Waals surface area contributed by atoms with Gasteiger partial charge in [0.1, 0.15) is 0 Å². The lowest BCUT2D eigenvalue weighted by molar-refractivity contribution is -0.130. The van der Waals surface area contributed by atoms with Crippen LogP contribution in [-0.2, 0) is 9.59 Å². The summed E-state index contributed by atoms with van der Waals surface area (Å²) in [5, 5.41) is 3.02. The molecule has 2 rings (SSSR count). The van der Waals surface area contributed by atoms with Gasteiger partial charge in [0.05, 0.1) is 25.7 Å². The van der Waals surface area contributed by atoms with Crippen LogP contribution in [0.2, 0.25) is 0 Å². The molecule has 1 heterocycles. The van der Waals surface area contributed by atoms with E-state index in [9.17, 15) is 9.59 Å². The van der Waals surface area contributed by atoms with Crippen molar-refractivity contribution in [3.63, 3.8) is 0 Å². The molecule has 144 valence electrons. The molecule has 0 spiro atoms. The van der Waals surface area contributed by atoms with Crippen LogP contribution in [0.1, 0.15) is 52.1 Å². The first kappa shape index (κ1) is 20.1. The van der Waals surface area contributed by atoms with E-state index in [1.165, 1.54) is 0 Å². The zero-order chi connectivity index (χ0) is 19.3. The third-order valence-electron chi connectivity index (χ3n) is 4.66. The molecule has 2 amide bonds. The average molecular weight is 362 g/mol. The van der Waals surface area contributed by atoms with Crippen molar-refractivity contribution in [3.8, 4) is 11.5 Å². The zero-order valence-electron chi connectivity index (χ0n) is 16.4. The highest BCUT2D eigenvalue weighted by molar-refractivity contribution is 5.89. The number of amides is 2. The van der Waals surface area contributed by atoms with Crippen molar-refractivity contribution < 1.29 is 19.1 Å². The minimum absolute atomic E-state index is 0.0481. The third kappa shape index (κ3) is 4.68. The van der Waals surface area contributed by atoms with E-state index in [-0.39, 0.29) is 36.2 Å². The molecule has 2 unspecified atom stereocenters. The van der Waals surface area contributed by atoms with Crippen molar-refractivity contribution in [2.24, 2.45) is 5.92 Å². The molecule has 0 aliphatic carbocycles. The van der Waals surface area contributed by atoms with Crippen molar-refractivity contribution in [2.75, 3.05) is 20.3 Å². The van der Waals surface area contributed by atoms with Crippen LogP contribution >= 0.6 is 0 Å². The van der Waals surface area contributed by atoms with Gasteiger partial charge in [-0.3, -0.25) is 9.59 Å². The fraction of sp³-hybridized carbons (Fsp3) is 0.600. The lowest BCUT2D eigenvalue weighted by atomic mass is 10.0. The van der Waals surface area contributed by atoms with E-state index in [1.807, 2.05) is 45.9 Å². The van der Waals surface area contributed by atoms with Crippen molar-refractivity contribution in [1.29, 1.82) is 0 Å². The topological polar surface area (TPSA) is 67.9 Å². The molecule has 1 aromatic rings. The molecule has 0 bridgehead atoms. The predicted molar refractivity (Wildman–Crippen MR) is 100 cm³/mol. The van der Waals surface area contributed by atoms with E-state index in [1.54, 1.807) is 12.0 Å². The van der Waals surface area contributed by atoms with E-state index >= 15 is 0 Å². The molecule has 1 aromatic carbocycles. The number of benzene rings is 1. The molecule has 6 nitrogen and oxygen atoms in total. The highest BCUT2D eigenvalue weighted by Gasteiger charge is 2.35. The maximum atomic E-state index is 12.6. The summed E-state index contributed by atoms with van der Waals surface area (Å²) >= 11 is 0. The fourth-order valence-corrected chi connectivity index (χ4v) is 3.11. The van der Waals surface area contributed by atoms with Gasteiger partial charge in [0.2, 0.25) is 11.8 Å². The van der Waals surface area contributed by atoms with Crippen molar-refractivity contribution in [1.82, 2.24) is 10.2 Å². The summed E-state index contributed by atoms with van der Waals surface area (Å²) in [6, 6.07) is 5.62. The van der Waals surface area contributed by atoms with Crippen molar-refractivity contribution in [3.05, 3.63) is 23.8 Å². The summed E-state index contributed by atoms with van der Waals surface area (Å²) in [5.41, 5.74) is 0.934. The number of nitrogens with one attached hydrogen (secondary N) is 1. The lowest BCUT2D eigenvalue weighted by Crippen LogP contribution is -2.36. The van der Waals surface area contributed by atoms with Gasteiger partial charge in [0.15, 0.2) is 11.5 Å². The number of hydrogen-bond donors (Lipinski definition) is 1. The summed E-state index contributed by atoms with van der Waals surface area (Å²) in [6.45, 7) is 9.03. The Hall–Kier alpha value is -2.24. The second-order valence-corrected chi connectivity index (χ2v) is 7.03. The van der Waals surface area contributed by atoms with E-state index in [2.05, 4.69) is 5.32 Å². The Labute approximate surface area is 155 Å². The zero-order valence-corrected chi connectivity index (χ0v) is 16.4. The number of methoxy groups -OCH3 is 1. The molecule has 0 aromatic heterocycles. The number of ether oxygens (including phenoxy) is 2. The van der Waals surface area contributed by atoms with Gasteiger partial charge in [-0.15, -0.1) is 0 Å². The second kappa shape index (κ2) is 8.92. The first-order valence-electron chi connectivity index (χ1n) is 9.27. The molecule has 2 atom stereocenters. The first-order valence-corrected chi connectivity index (χ1v) is 9.27. The molecular formula is C20H30N2O4. The van der Waals surface area contributed by atoms with Gasteiger partial charge in [-0.2, -0.15) is 0 Å². The minimum Gasteiger partial charge on any atom is -0.493 e. The van der Waals surface area contributed by atoms with Crippen LogP contribution in [0, 0.1) is 5.92 Å². The van der Waals surface area contributed by atoms with Gasteiger partial charge in [-0.25, -0.2) is 0 Å². The van der Waals surface area contributed by atoms with Gasteiger partial charge in [-0.1, -0.05) is 13.0 Å². The summed E-state index contributed by atoms with van der Waals surface area (Å²) < 4.78 is 11.1. The summed E-state index contributed by atoms with van der Waals surface area (Å²) in [6.07, 6.45) is 1.20. The van der Waals surface area contributed by atoms with Crippen LogP contribution in [0.4, 0.5) is 0 Å². The van der Waals surface area contributed by atoms with Gasteiger partial charge in [-0.05, 0) is 44.9 Å². The minimum atomic E-state index is -0.290. The Morgan fingerprint density at radius 3 is 2.62 bits per heavy atom. The maximum Gasteiger partial charge on any atom is 0.225 e. The quantitative estimate of drug-likeness (QED) is 0.772. The smallest absolute Gasteiger partial charge is 0.225 e. The summed E-state index contributed by atoms with van der Waals surface area (Å²) in [5.74, 6) is 1.03. The number of nitrogens with zero attached hydrogens (tertiary/aromatic N) is 1. The number of carbonyl (C=O) groups excluding carboxylic acids is 2. The summed E-state index contributed by atoms with van der Waals surface area (Å²) in [7, 11) is 1.60. The van der Waals surface area contributed by atoms with Crippen molar-refractivity contribution in [2.45, 2.75) is 52.6 Å². The molecule has 6 heteroatoms. The first-order chi connectivity index (χ1) is 12.4. The van der Waals surface area contributed by atoms with Crippen LogP contribution in [-0.4, -0.2) is 43.0 Å². The van der Waals surface area contributed by atoms with E-state index in [0.717, 1.165) is 12.0 Å². The SMILES string of the molecule is CCCOc1ccc(C(C)NC(=O)C2CC(=O)N(C(C)C)C2)cc1OC. The monoisotopic (exact) mass is 362 g/mol. The highest BCUT2D eigenvalue weighted by Crippen LogP contribution is 2.31. The number of likely N-dealkylation sites (tertiary alicyclic amines) is 1. The Bertz CT molecular complexity index is 645. The molecular weight excluding hydrogens is 332 g/mol. The predicted octanol–water partition coefficient (Wildman–Crippen LogP) is 2.92. The van der Waals surface area contributed by atoms with Crippen LogP contribution < -0.4 is 14.8 Å². The molecule has 0 saturated carbocycles. The summed E-state index contributed by atoms with van der Waals surface area (Å²) in [4.78, 5) is 26.3. The molecule has 1 saturated heterocycles. The Morgan fingerprint density at radius 1 is 1.31 bits per heavy atom. The average Bonchev–Trinajstić information content (AvgIpc) is 3.01. The Morgan fingerprint density at radius 2 is 2.04 bits per heavy atom. The van der Waals surface area contributed by atoms with Gasteiger partial charge in [0, 0.05) is 19.0 Å². The lowest BCUT2D eigenvalue weighted by Gasteiger charge is -2.22. The fourth-order valence-electron chi connectivity index (χ4n) is 3.11. The van der Waals surface area contributed by atoms with Gasteiger partial charge >= 0.3 is 0 Å². The standard InChI is InChI=1S/C20H30N2O4/c1-6-9-26-17-8-7-15(10-18(17)25-5)14(4)21-20(24)16-11-19(23)22(12-16)13(2)3/h7-8,10,13-14,16H,6,9,11-12H2,1-5H3,(H,21,24). The molecule has 1 fully saturated rings. The molecule has 26 heavy (non-hydrogen) atoms. The second-order valence-electron chi connectivity index (χ2n) is 7.03. The van der Waals surface area contributed by atoms with Gasteiger partial charge in [0.25, 0.3) is 0 Å². The van der Waals surface area contributed by atoms with E-state index in [4.69, 9.17) is 9.47 Å². The number of carbonyl (C=O) groups is 2. The third-order valence-corrected chi connectivity index (χ3v) is 4.66. The van der Waals surface area contributed by atoms with Crippen LogP contribution in [0.25, 0.3) is 0 Å². The highest BCUT2D eigenvalue weighted by atomic mass is 16.5. The molecule has 0 radical (unpaired) electrons. The van der Waals surface area contributed by atoms with Crippen LogP contribution in [0.3, 0.4) is 0 Å². The number of rotatable bonds is 8. The molecule has 1 N–H and O–H groups in total. The van der Waals surface area contributed by atoms with Crippen LogP contribution in [0.5, 0.6) is 11.5 Å².